The molecule has 0 amide bonds. The monoisotopic (exact) mass is 680 g/mol. The maximum absolute atomic E-state index is 13.8. The second kappa shape index (κ2) is 9.65. The molecular formula is C38H18F6N2O4. The summed E-state index contributed by atoms with van der Waals surface area (Å²) in [5, 5.41) is 0. The summed E-state index contributed by atoms with van der Waals surface area (Å²) in [4.78, 5) is 3.41. The number of hydrogen-bond acceptors (Lipinski definition) is 6. The van der Waals surface area contributed by atoms with Gasteiger partial charge in [-0.1, -0.05) is 24.3 Å². The largest absolute Gasteiger partial charge is 0.453 e. The van der Waals surface area contributed by atoms with Gasteiger partial charge < -0.3 is 18.9 Å². The van der Waals surface area contributed by atoms with Crippen molar-refractivity contribution < 1.29 is 45.3 Å². The van der Waals surface area contributed by atoms with Crippen LogP contribution >= 0.6 is 0 Å². The Balaban J connectivity index is 1.08. The second-order valence-electron chi connectivity index (χ2n) is 12.0. The number of para-hydroxylation sites is 2. The third-order valence-corrected chi connectivity index (χ3v) is 9.04. The van der Waals surface area contributed by atoms with Gasteiger partial charge in [0.1, 0.15) is 11.4 Å². The van der Waals surface area contributed by atoms with Crippen LogP contribution in [-0.4, -0.2) is 0 Å². The predicted molar refractivity (Wildman–Crippen MR) is 172 cm³/mol. The van der Waals surface area contributed by atoms with Crippen molar-refractivity contribution in [2.45, 2.75) is 12.4 Å². The van der Waals surface area contributed by atoms with E-state index in [9.17, 15) is 26.3 Å². The summed E-state index contributed by atoms with van der Waals surface area (Å²) in [7, 11) is 0. The van der Waals surface area contributed by atoms with Crippen LogP contribution in [0.5, 0.6) is 46.0 Å². The van der Waals surface area contributed by atoms with Gasteiger partial charge in [-0.05, 0) is 96.1 Å². The van der Waals surface area contributed by atoms with E-state index in [4.69, 9.17) is 18.9 Å². The number of nitrogens with zero attached hydrogens (tertiary/aromatic N) is 2. The van der Waals surface area contributed by atoms with Gasteiger partial charge in [0, 0.05) is 0 Å². The molecule has 6 nitrogen and oxygen atoms in total. The van der Waals surface area contributed by atoms with Crippen LogP contribution in [0.2, 0.25) is 0 Å². The first-order valence-corrected chi connectivity index (χ1v) is 15.3. The maximum Gasteiger partial charge on any atom is 0.416 e. The number of halogens is 6. The van der Waals surface area contributed by atoms with Crippen LogP contribution in [0.25, 0.3) is 11.1 Å². The summed E-state index contributed by atoms with van der Waals surface area (Å²) in [6, 6.07) is 27.8. The molecule has 10 rings (SSSR count). The molecule has 246 valence electrons. The van der Waals surface area contributed by atoms with Crippen LogP contribution in [0.15, 0.2) is 109 Å². The zero-order valence-corrected chi connectivity index (χ0v) is 25.2. The Hall–Kier alpha value is -6.30. The van der Waals surface area contributed by atoms with Crippen molar-refractivity contribution in [2.24, 2.45) is 0 Å². The van der Waals surface area contributed by atoms with Crippen molar-refractivity contribution >= 4 is 34.1 Å². The van der Waals surface area contributed by atoms with E-state index in [-0.39, 0.29) is 22.9 Å². The average Bonchev–Trinajstić information content (AvgIpc) is 3.09. The number of fused-ring (bicyclic) bond motifs is 8. The van der Waals surface area contributed by atoms with Crippen LogP contribution in [0, 0.1) is 0 Å². The molecule has 50 heavy (non-hydrogen) atoms. The van der Waals surface area contributed by atoms with E-state index in [2.05, 4.69) is 0 Å². The number of alkyl halides is 6. The lowest BCUT2D eigenvalue weighted by atomic mass is 9.99. The molecule has 0 saturated carbocycles. The fraction of sp³-hybridized carbons (Fsp3) is 0.0526. The zero-order valence-electron chi connectivity index (χ0n) is 25.2. The quantitative estimate of drug-likeness (QED) is 0.161. The van der Waals surface area contributed by atoms with Gasteiger partial charge in [-0.2, -0.15) is 26.3 Å². The summed E-state index contributed by atoms with van der Waals surface area (Å²) in [5.74, 6) is 3.00. The summed E-state index contributed by atoms with van der Waals surface area (Å²) in [6.07, 6.45) is -9.12. The molecule has 12 heteroatoms. The highest BCUT2D eigenvalue weighted by Gasteiger charge is 2.40. The zero-order chi connectivity index (χ0) is 34.1. The lowest BCUT2D eigenvalue weighted by molar-refractivity contribution is -0.138. The van der Waals surface area contributed by atoms with Gasteiger partial charge in [0.2, 0.25) is 0 Å². The van der Waals surface area contributed by atoms with Crippen molar-refractivity contribution in [3.05, 3.63) is 120 Å². The van der Waals surface area contributed by atoms with E-state index in [1.54, 1.807) is 70.5 Å². The van der Waals surface area contributed by atoms with Crippen LogP contribution in [0.4, 0.5) is 60.5 Å². The van der Waals surface area contributed by atoms with Crippen molar-refractivity contribution in [3.8, 4) is 57.1 Å². The van der Waals surface area contributed by atoms with Crippen molar-refractivity contribution in [1.29, 1.82) is 0 Å². The molecule has 6 aromatic carbocycles. The molecule has 0 bridgehead atoms. The fourth-order valence-electron chi connectivity index (χ4n) is 6.82. The normalized spacial score (nSPS) is 14.4. The van der Waals surface area contributed by atoms with E-state index in [1.807, 2.05) is 12.1 Å². The molecule has 0 N–H and O–H groups in total. The highest BCUT2D eigenvalue weighted by atomic mass is 19.4. The number of hydrogen-bond donors (Lipinski definition) is 0. The van der Waals surface area contributed by atoms with Gasteiger partial charge in [0.15, 0.2) is 46.0 Å². The van der Waals surface area contributed by atoms with E-state index in [0.717, 1.165) is 24.3 Å². The van der Waals surface area contributed by atoms with E-state index in [1.165, 1.54) is 12.1 Å². The molecule has 0 spiro atoms. The molecule has 4 heterocycles. The van der Waals surface area contributed by atoms with Crippen LogP contribution in [0.3, 0.4) is 0 Å². The maximum atomic E-state index is 13.8. The Morgan fingerprint density at radius 2 is 0.740 bits per heavy atom. The second-order valence-corrected chi connectivity index (χ2v) is 12.0. The molecule has 0 aromatic heterocycles. The predicted octanol–water partition coefficient (Wildman–Crippen LogP) is 12.8. The van der Waals surface area contributed by atoms with Gasteiger partial charge in [-0.3, -0.25) is 9.80 Å². The number of rotatable bonds is 1. The highest BCUT2D eigenvalue weighted by molar-refractivity contribution is 5.96. The summed E-state index contributed by atoms with van der Waals surface area (Å²) in [6.45, 7) is 0. The number of benzene rings is 6. The molecule has 0 saturated heterocycles. The fourth-order valence-corrected chi connectivity index (χ4v) is 6.82. The molecule has 6 aromatic rings. The van der Waals surface area contributed by atoms with Crippen LogP contribution in [0.1, 0.15) is 11.1 Å². The lowest BCUT2D eigenvalue weighted by Gasteiger charge is -2.38. The molecule has 4 aliphatic rings. The van der Waals surface area contributed by atoms with Gasteiger partial charge in [-0.15, -0.1) is 0 Å². The number of anilines is 6. The Kier molecular flexibility index (Phi) is 5.54. The van der Waals surface area contributed by atoms with Crippen molar-refractivity contribution in [2.75, 3.05) is 9.80 Å². The average molecular weight is 681 g/mol. The summed E-state index contributed by atoms with van der Waals surface area (Å²) >= 11 is 0. The standard InChI is InChI=1S/C38H18F6N2O4/c39-37(40,41)21-9-13-27-25(17-21)45-23-11-7-19(15-33(23)49-31-5-1-3-29(47-27)35(31)45)20-8-12-24-34(16-20)50-32-6-2-4-30-36(32)46(24)26-18-22(38(42,43)44)10-14-28(26)48-30/h1-18H. The minimum Gasteiger partial charge on any atom is -0.453 e. The molecule has 0 aliphatic carbocycles. The Morgan fingerprint density at radius 1 is 0.360 bits per heavy atom. The topological polar surface area (TPSA) is 43.4 Å². The SMILES string of the molecule is FC(F)(F)c1ccc2c(c1)N1c3ccc(-c4ccc5c(c4)Oc4cccc6c4N5c4cc(C(F)(F)F)ccc4O6)cc3Oc3cccc(c31)O2. The molecule has 4 aliphatic heterocycles. The first-order chi connectivity index (χ1) is 24.0. The smallest absolute Gasteiger partial charge is 0.416 e. The first-order valence-electron chi connectivity index (χ1n) is 15.3. The van der Waals surface area contributed by atoms with Crippen molar-refractivity contribution in [1.82, 2.24) is 0 Å². The highest BCUT2D eigenvalue weighted by Crippen LogP contribution is 2.62. The van der Waals surface area contributed by atoms with Crippen LogP contribution in [-0.2, 0) is 12.4 Å². The minimum absolute atomic E-state index is 0.219. The summed E-state index contributed by atoms with van der Waals surface area (Å²) < 4.78 is 107. The molecule has 0 fully saturated rings. The number of ether oxygens (including phenoxy) is 4. The van der Waals surface area contributed by atoms with Gasteiger partial charge in [0.25, 0.3) is 0 Å². The van der Waals surface area contributed by atoms with Gasteiger partial charge in [-0.25, -0.2) is 0 Å². The van der Waals surface area contributed by atoms with Crippen LogP contribution < -0.4 is 28.7 Å². The van der Waals surface area contributed by atoms with E-state index in [0.29, 0.717) is 68.4 Å². The van der Waals surface area contributed by atoms with E-state index >= 15 is 0 Å². The molecule has 0 atom stereocenters. The van der Waals surface area contributed by atoms with Gasteiger partial charge in [0.05, 0.1) is 33.9 Å². The molecule has 0 radical (unpaired) electrons. The molecular weight excluding hydrogens is 662 g/mol. The Bertz CT molecular complexity index is 2290. The Morgan fingerprint density at radius 3 is 1.12 bits per heavy atom. The first kappa shape index (κ1) is 28.7. The molecule has 0 unspecified atom stereocenters. The summed E-state index contributed by atoms with van der Waals surface area (Å²) in [5.41, 5.74) is 2.21. The third kappa shape index (κ3) is 4.11. The minimum atomic E-state index is -4.56. The lowest BCUT2D eigenvalue weighted by Crippen LogP contribution is -2.21. The van der Waals surface area contributed by atoms with Crippen molar-refractivity contribution in [3.63, 3.8) is 0 Å². The third-order valence-electron chi connectivity index (χ3n) is 9.04. The van der Waals surface area contributed by atoms with Gasteiger partial charge >= 0.3 is 12.4 Å². The Labute approximate surface area is 278 Å². The van der Waals surface area contributed by atoms with E-state index < -0.39 is 23.5 Å².